The van der Waals surface area contributed by atoms with Crippen LogP contribution in [0.2, 0.25) is 0 Å². The minimum Gasteiger partial charge on any atom is -0.197 e. The highest BCUT2D eigenvalue weighted by Gasteiger charge is 2.44. The second-order valence-electron chi connectivity index (χ2n) is 3.52. The SMILES string of the molecule is C=Cc1ccc(C2(C#N)CC2)cc1. The second kappa shape index (κ2) is 2.74. The first kappa shape index (κ1) is 8.07. The summed E-state index contributed by atoms with van der Waals surface area (Å²) in [5.41, 5.74) is 2.11. The minimum atomic E-state index is -0.153. The Labute approximate surface area is 78.3 Å². The van der Waals surface area contributed by atoms with E-state index in [2.05, 4.69) is 12.6 Å². The van der Waals surface area contributed by atoms with Crippen LogP contribution in [0.25, 0.3) is 6.08 Å². The molecule has 0 unspecified atom stereocenters. The first-order valence-corrected chi connectivity index (χ1v) is 4.45. The van der Waals surface area contributed by atoms with Gasteiger partial charge in [0, 0.05) is 0 Å². The van der Waals surface area contributed by atoms with Crippen molar-refractivity contribution in [1.82, 2.24) is 0 Å². The summed E-state index contributed by atoms with van der Waals surface area (Å²) < 4.78 is 0. The summed E-state index contributed by atoms with van der Waals surface area (Å²) >= 11 is 0. The van der Waals surface area contributed by atoms with E-state index in [1.807, 2.05) is 30.3 Å². The predicted molar refractivity (Wildman–Crippen MR) is 53.1 cm³/mol. The van der Waals surface area contributed by atoms with Gasteiger partial charge in [0.15, 0.2) is 0 Å². The Kier molecular flexibility index (Phi) is 1.70. The Morgan fingerprint density at radius 3 is 2.31 bits per heavy atom. The lowest BCUT2D eigenvalue weighted by molar-refractivity contribution is 0.908. The molecule has 1 aromatic rings. The number of hydrogen-bond acceptors (Lipinski definition) is 1. The van der Waals surface area contributed by atoms with E-state index >= 15 is 0 Å². The lowest BCUT2D eigenvalue weighted by Crippen LogP contribution is -2.01. The smallest absolute Gasteiger partial charge is 0.0823 e. The zero-order valence-corrected chi connectivity index (χ0v) is 7.46. The molecular weight excluding hydrogens is 158 g/mol. The molecule has 1 nitrogen and oxygen atoms in total. The van der Waals surface area contributed by atoms with E-state index in [0.29, 0.717) is 0 Å². The molecule has 0 saturated heterocycles. The molecule has 1 aromatic carbocycles. The van der Waals surface area contributed by atoms with Gasteiger partial charge in [-0.3, -0.25) is 0 Å². The van der Waals surface area contributed by atoms with Crippen molar-refractivity contribution >= 4 is 6.08 Å². The van der Waals surface area contributed by atoms with Crippen LogP contribution in [0.3, 0.4) is 0 Å². The van der Waals surface area contributed by atoms with Gasteiger partial charge < -0.3 is 0 Å². The van der Waals surface area contributed by atoms with Crippen LogP contribution in [0.1, 0.15) is 24.0 Å². The van der Waals surface area contributed by atoms with Gasteiger partial charge in [-0.15, -0.1) is 0 Å². The Morgan fingerprint density at radius 1 is 1.31 bits per heavy atom. The highest BCUT2D eigenvalue weighted by atomic mass is 14.5. The highest BCUT2D eigenvalue weighted by Crippen LogP contribution is 2.47. The fourth-order valence-electron chi connectivity index (χ4n) is 1.53. The molecule has 1 heteroatoms. The first-order valence-electron chi connectivity index (χ1n) is 4.45. The normalized spacial score (nSPS) is 17.5. The third kappa shape index (κ3) is 1.25. The Hall–Kier alpha value is -1.55. The van der Waals surface area contributed by atoms with Crippen molar-refractivity contribution in [2.75, 3.05) is 0 Å². The van der Waals surface area contributed by atoms with E-state index in [9.17, 15) is 0 Å². The maximum absolute atomic E-state index is 8.97. The van der Waals surface area contributed by atoms with Crippen molar-refractivity contribution in [3.05, 3.63) is 42.0 Å². The summed E-state index contributed by atoms with van der Waals surface area (Å²) in [6.45, 7) is 3.69. The summed E-state index contributed by atoms with van der Waals surface area (Å²) in [6.07, 6.45) is 3.84. The highest BCUT2D eigenvalue weighted by molar-refractivity contribution is 5.50. The molecule has 0 radical (unpaired) electrons. The zero-order valence-electron chi connectivity index (χ0n) is 7.46. The van der Waals surface area contributed by atoms with E-state index in [4.69, 9.17) is 5.26 Å². The summed E-state index contributed by atoms with van der Waals surface area (Å²) in [5, 5.41) is 8.97. The maximum atomic E-state index is 8.97. The van der Waals surface area contributed by atoms with Crippen LogP contribution in [0.5, 0.6) is 0 Å². The molecule has 0 atom stereocenters. The van der Waals surface area contributed by atoms with Crippen molar-refractivity contribution in [3.63, 3.8) is 0 Å². The van der Waals surface area contributed by atoms with Gasteiger partial charge in [0.25, 0.3) is 0 Å². The fourth-order valence-corrected chi connectivity index (χ4v) is 1.53. The van der Waals surface area contributed by atoms with Gasteiger partial charge in [-0.1, -0.05) is 36.9 Å². The van der Waals surface area contributed by atoms with Crippen LogP contribution in [-0.4, -0.2) is 0 Å². The van der Waals surface area contributed by atoms with Gasteiger partial charge in [0.1, 0.15) is 0 Å². The molecule has 0 heterocycles. The first-order chi connectivity index (χ1) is 6.30. The monoisotopic (exact) mass is 169 g/mol. The summed E-state index contributed by atoms with van der Waals surface area (Å²) in [6, 6.07) is 10.5. The molecule has 64 valence electrons. The lowest BCUT2D eigenvalue weighted by Gasteiger charge is -2.05. The predicted octanol–water partition coefficient (Wildman–Crippen LogP) is 2.88. The molecule has 0 aromatic heterocycles. The third-order valence-electron chi connectivity index (χ3n) is 2.66. The maximum Gasteiger partial charge on any atom is 0.0823 e. The van der Waals surface area contributed by atoms with Crippen LogP contribution in [0, 0.1) is 11.3 Å². The number of rotatable bonds is 2. The number of hydrogen-bond donors (Lipinski definition) is 0. The molecule has 0 spiro atoms. The lowest BCUT2D eigenvalue weighted by atomic mass is 9.97. The molecule has 0 amide bonds. The van der Waals surface area contributed by atoms with Gasteiger partial charge in [0.05, 0.1) is 11.5 Å². The summed E-state index contributed by atoms with van der Waals surface area (Å²) in [7, 11) is 0. The van der Waals surface area contributed by atoms with Crippen LogP contribution in [0.15, 0.2) is 30.8 Å². The molecule has 1 saturated carbocycles. The molecule has 1 aliphatic carbocycles. The van der Waals surface area contributed by atoms with Crippen LogP contribution < -0.4 is 0 Å². The van der Waals surface area contributed by atoms with Crippen molar-refractivity contribution < 1.29 is 0 Å². The summed E-state index contributed by atoms with van der Waals surface area (Å²) in [4.78, 5) is 0. The Balaban J connectivity index is 2.34. The largest absolute Gasteiger partial charge is 0.197 e. The van der Waals surface area contributed by atoms with Gasteiger partial charge >= 0.3 is 0 Å². The average Bonchev–Trinajstić information content (AvgIpc) is 2.99. The molecule has 1 fully saturated rings. The van der Waals surface area contributed by atoms with E-state index in [1.165, 1.54) is 0 Å². The molecule has 0 N–H and O–H groups in total. The van der Waals surface area contributed by atoms with Crippen LogP contribution in [-0.2, 0) is 5.41 Å². The van der Waals surface area contributed by atoms with E-state index < -0.39 is 0 Å². The number of benzene rings is 1. The Morgan fingerprint density at radius 2 is 1.92 bits per heavy atom. The van der Waals surface area contributed by atoms with Crippen LogP contribution >= 0.6 is 0 Å². The molecule has 1 aliphatic rings. The fraction of sp³-hybridized carbons (Fsp3) is 0.250. The molecule has 2 rings (SSSR count). The van der Waals surface area contributed by atoms with Gasteiger partial charge in [-0.05, 0) is 24.0 Å². The second-order valence-corrected chi connectivity index (χ2v) is 3.52. The summed E-state index contributed by atoms with van der Waals surface area (Å²) in [5.74, 6) is 0. The molecule has 13 heavy (non-hydrogen) atoms. The number of nitriles is 1. The van der Waals surface area contributed by atoms with Crippen molar-refractivity contribution in [3.8, 4) is 6.07 Å². The molecular formula is C12H11N. The quantitative estimate of drug-likeness (QED) is 0.667. The minimum absolute atomic E-state index is 0.153. The van der Waals surface area contributed by atoms with Gasteiger partial charge in [0.2, 0.25) is 0 Å². The van der Waals surface area contributed by atoms with Crippen molar-refractivity contribution in [2.24, 2.45) is 0 Å². The van der Waals surface area contributed by atoms with Crippen molar-refractivity contribution in [2.45, 2.75) is 18.3 Å². The molecule has 0 aliphatic heterocycles. The third-order valence-corrected chi connectivity index (χ3v) is 2.66. The van der Waals surface area contributed by atoms with E-state index in [0.717, 1.165) is 24.0 Å². The molecule has 0 bridgehead atoms. The van der Waals surface area contributed by atoms with E-state index in [1.54, 1.807) is 0 Å². The van der Waals surface area contributed by atoms with Gasteiger partial charge in [-0.25, -0.2) is 0 Å². The van der Waals surface area contributed by atoms with Crippen molar-refractivity contribution in [1.29, 1.82) is 5.26 Å². The van der Waals surface area contributed by atoms with E-state index in [-0.39, 0.29) is 5.41 Å². The average molecular weight is 169 g/mol. The standard InChI is InChI=1S/C12H11N/c1-2-10-3-5-11(6-4-10)12(9-13)7-8-12/h2-6H,1,7-8H2. The van der Waals surface area contributed by atoms with Gasteiger partial charge in [-0.2, -0.15) is 5.26 Å². The topological polar surface area (TPSA) is 23.8 Å². The Bertz CT molecular complexity index is 363. The number of nitrogens with zero attached hydrogens (tertiary/aromatic N) is 1. The zero-order chi connectivity index (χ0) is 9.31. The van der Waals surface area contributed by atoms with Crippen LogP contribution in [0.4, 0.5) is 0 Å².